The van der Waals surface area contributed by atoms with E-state index in [2.05, 4.69) is 17.9 Å². The molecule has 0 aliphatic carbocycles. The molecule has 1 fully saturated rings. The smallest absolute Gasteiger partial charge is 0.119 e. The summed E-state index contributed by atoms with van der Waals surface area (Å²) in [6, 6.07) is 10.2. The summed E-state index contributed by atoms with van der Waals surface area (Å²) in [4.78, 5) is 2.59. The standard InChI is InChI=1S/C17H24N2O/c1-15-6-3-2-4-11-19(15)12-5-13-20-17-9-7-16(14-18)8-10-17/h7-10,15H,2-6,11-13H2,1H3. The van der Waals surface area contributed by atoms with Crippen molar-refractivity contribution in [3.63, 3.8) is 0 Å². The van der Waals surface area contributed by atoms with Gasteiger partial charge >= 0.3 is 0 Å². The first kappa shape index (κ1) is 14.9. The Kier molecular flexibility index (Phi) is 5.88. The van der Waals surface area contributed by atoms with Crippen LogP contribution in [0.25, 0.3) is 0 Å². The number of nitriles is 1. The molecule has 1 aromatic rings. The molecule has 1 saturated heterocycles. The van der Waals surface area contributed by atoms with Crippen molar-refractivity contribution < 1.29 is 4.74 Å². The van der Waals surface area contributed by atoms with Gasteiger partial charge in [0.25, 0.3) is 0 Å². The molecule has 0 N–H and O–H groups in total. The van der Waals surface area contributed by atoms with Crippen LogP contribution in [0.15, 0.2) is 24.3 Å². The van der Waals surface area contributed by atoms with E-state index in [0.717, 1.165) is 25.3 Å². The quantitative estimate of drug-likeness (QED) is 0.768. The fourth-order valence-electron chi connectivity index (χ4n) is 2.75. The van der Waals surface area contributed by atoms with Crippen LogP contribution in [-0.2, 0) is 0 Å². The second kappa shape index (κ2) is 7.91. The molecule has 0 aromatic heterocycles. The van der Waals surface area contributed by atoms with Gasteiger partial charge in [0.15, 0.2) is 0 Å². The molecule has 1 aliphatic rings. The van der Waals surface area contributed by atoms with Crippen LogP contribution in [0.3, 0.4) is 0 Å². The summed E-state index contributed by atoms with van der Waals surface area (Å²) in [6.45, 7) is 5.44. The SMILES string of the molecule is CC1CCCCCN1CCCOc1ccc(C#N)cc1. The van der Waals surface area contributed by atoms with Gasteiger partial charge in [-0.25, -0.2) is 0 Å². The Balaban J connectivity index is 1.68. The van der Waals surface area contributed by atoms with Gasteiger partial charge in [0.2, 0.25) is 0 Å². The third-order valence-corrected chi connectivity index (χ3v) is 4.03. The summed E-state index contributed by atoms with van der Waals surface area (Å²) in [6.07, 6.45) is 6.48. The van der Waals surface area contributed by atoms with Gasteiger partial charge < -0.3 is 9.64 Å². The Morgan fingerprint density at radius 2 is 2.05 bits per heavy atom. The molecule has 1 unspecified atom stereocenters. The van der Waals surface area contributed by atoms with Crippen molar-refractivity contribution in [3.05, 3.63) is 29.8 Å². The van der Waals surface area contributed by atoms with Crippen LogP contribution < -0.4 is 4.74 Å². The number of hydrogen-bond acceptors (Lipinski definition) is 3. The van der Waals surface area contributed by atoms with E-state index in [9.17, 15) is 0 Å². The fraction of sp³-hybridized carbons (Fsp3) is 0.588. The molecule has 0 bridgehead atoms. The second-order valence-corrected chi connectivity index (χ2v) is 5.57. The summed E-state index contributed by atoms with van der Waals surface area (Å²) >= 11 is 0. The molecule has 1 aromatic carbocycles. The zero-order chi connectivity index (χ0) is 14.2. The van der Waals surface area contributed by atoms with Crippen LogP contribution >= 0.6 is 0 Å². The Morgan fingerprint density at radius 3 is 2.80 bits per heavy atom. The number of ether oxygens (including phenoxy) is 1. The van der Waals surface area contributed by atoms with E-state index in [0.29, 0.717) is 11.6 Å². The fourth-order valence-corrected chi connectivity index (χ4v) is 2.75. The van der Waals surface area contributed by atoms with E-state index < -0.39 is 0 Å². The molecule has 108 valence electrons. The predicted molar refractivity (Wildman–Crippen MR) is 80.8 cm³/mol. The van der Waals surface area contributed by atoms with E-state index in [-0.39, 0.29) is 0 Å². The summed E-state index contributed by atoms with van der Waals surface area (Å²) in [7, 11) is 0. The monoisotopic (exact) mass is 272 g/mol. The van der Waals surface area contributed by atoms with Gasteiger partial charge in [-0.1, -0.05) is 12.8 Å². The lowest BCUT2D eigenvalue weighted by atomic mass is 10.1. The maximum Gasteiger partial charge on any atom is 0.119 e. The van der Waals surface area contributed by atoms with Crippen LogP contribution in [0.2, 0.25) is 0 Å². The van der Waals surface area contributed by atoms with Crippen LogP contribution in [-0.4, -0.2) is 30.6 Å². The molecule has 0 saturated carbocycles. The van der Waals surface area contributed by atoms with Crippen molar-refractivity contribution in [1.29, 1.82) is 5.26 Å². The van der Waals surface area contributed by atoms with Gasteiger partial charge in [0.1, 0.15) is 5.75 Å². The molecule has 1 aliphatic heterocycles. The first-order valence-electron chi connectivity index (χ1n) is 7.66. The number of hydrogen-bond donors (Lipinski definition) is 0. The van der Waals surface area contributed by atoms with E-state index in [1.807, 2.05) is 12.1 Å². The normalized spacial score (nSPS) is 20.1. The van der Waals surface area contributed by atoms with E-state index >= 15 is 0 Å². The predicted octanol–water partition coefficient (Wildman–Crippen LogP) is 3.59. The highest BCUT2D eigenvalue weighted by Gasteiger charge is 2.15. The van der Waals surface area contributed by atoms with Gasteiger partial charge in [0, 0.05) is 12.6 Å². The van der Waals surface area contributed by atoms with Crippen LogP contribution in [0, 0.1) is 11.3 Å². The summed E-state index contributed by atoms with van der Waals surface area (Å²) < 4.78 is 5.73. The van der Waals surface area contributed by atoms with Crippen molar-refractivity contribution in [3.8, 4) is 11.8 Å². The lowest BCUT2D eigenvalue weighted by Gasteiger charge is -2.26. The Hall–Kier alpha value is -1.53. The highest BCUT2D eigenvalue weighted by molar-refractivity contribution is 5.34. The second-order valence-electron chi connectivity index (χ2n) is 5.57. The number of rotatable bonds is 5. The molecular weight excluding hydrogens is 248 g/mol. The van der Waals surface area contributed by atoms with Crippen molar-refractivity contribution in [2.75, 3.05) is 19.7 Å². The van der Waals surface area contributed by atoms with Crippen LogP contribution in [0.4, 0.5) is 0 Å². The Labute approximate surface area is 122 Å². The molecule has 2 rings (SSSR count). The van der Waals surface area contributed by atoms with E-state index in [1.165, 1.54) is 32.2 Å². The third-order valence-electron chi connectivity index (χ3n) is 4.03. The number of nitrogens with zero attached hydrogens (tertiary/aromatic N) is 2. The van der Waals surface area contributed by atoms with Crippen molar-refractivity contribution in [1.82, 2.24) is 4.90 Å². The van der Waals surface area contributed by atoms with Crippen molar-refractivity contribution in [2.24, 2.45) is 0 Å². The van der Waals surface area contributed by atoms with Gasteiger partial charge in [0.05, 0.1) is 18.2 Å². The number of benzene rings is 1. The molecule has 0 radical (unpaired) electrons. The Bertz CT molecular complexity index is 435. The molecule has 3 nitrogen and oxygen atoms in total. The molecule has 0 amide bonds. The zero-order valence-electron chi connectivity index (χ0n) is 12.3. The highest BCUT2D eigenvalue weighted by atomic mass is 16.5. The first-order valence-corrected chi connectivity index (χ1v) is 7.66. The third kappa shape index (κ3) is 4.54. The maximum absolute atomic E-state index is 8.74. The van der Waals surface area contributed by atoms with E-state index in [4.69, 9.17) is 10.00 Å². The molecule has 20 heavy (non-hydrogen) atoms. The first-order chi connectivity index (χ1) is 9.79. The van der Waals surface area contributed by atoms with Gasteiger partial charge in [-0.2, -0.15) is 5.26 Å². The lowest BCUT2D eigenvalue weighted by Crippen LogP contribution is -2.34. The largest absolute Gasteiger partial charge is 0.494 e. The van der Waals surface area contributed by atoms with E-state index in [1.54, 1.807) is 12.1 Å². The molecule has 0 spiro atoms. The molecule has 3 heteroatoms. The van der Waals surface area contributed by atoms with Crippen LogP contribution in [0.1, 0.15) is 44.6 Å². The van der Waals surface area contributed by atoms with Crippen LogP contribution in [0.5, 0.6) is 5.75 Å². The molecule has 1 atom stereocenters. The maximum atomic E-state index is 8.74. The topological polar surface area (TPSA) is 36.3 Å². The highest BCUT2D eigenvalue weighted by Crippen LogP contribution is 2.17. The summed E-state index contributed by atoms with van der Waals surface area (Å²) in [5, 5.41) is 8.74. The average molecular weight is 272 g/mol. The minimum Gasteiger partial charge on any atom is -0.494 e. The Morgan fingerprint density at radius 1 is 1.25 bits per heavy atom. The lowest BCUT2D eigenvalue weighted by molar-refractivity contribution is 0.192. The minimum atomic E-state index is 0.677. The minimum absolute atomic E-state index is 0.677. The summed E-state index contributed by atoms with van der Waals surface area (Å²) in [5.41, 5.74) is 0.677. The summed E-state index contributed by atoms with van der Waals surface area (Å²) in [5.74, 6) is 0.855. The van der Waals surface area contributed by atoms with Gasteiger partial charge in [-0.05, 0) is 57.0 Å². The number of likely N-dealkylation sites (tertiary alicyclic amines) is 1. The van der Waals surface area contributed by atoms with Crippen molar-refractivity contribution >= 4 is 0 Å². The average Bonchev–Trinajstić information content (AvgIpc) is 2.69. The van der Waals surface area contributed by atoms with Gasteiger partial charge in [-0.15, -0.1) is 0 Å². The zero-order valence-corrected chi connectivity index (χ0v) is 12.3. The van der Waals surface area contributed by atoms with Gasteiger partial charge in [-0.3, -0.25) is 0 Å². The van der Waals surface area contributed by atoms with Crippen molar-refractivity contribution in [2.45, 2.75) is 45.1 Å². The molecular formula is C17H24N2O. The molecule has 1 heterocycles.